The predicted octanol–water partition coefficient (Wildman–Crippen LogP) is 1.71. The minimum absolute atomic E-state index is 0.0487. The highest BCUT2D eigenvalue weighted by Gasteiger charge is 2.21. The Morgan fingerprint density at radius 3 is 2.39 bits per heavy atom. The van der Waals surface area contributed by atoms with Crippen LogP contribution in [0.4, 0.5) is 8.78 Å². The van der Waals surface area contributed by atoms with Crippen LogP contribution in [-0.4, -0.2) is 32.0 Å². The first-order chi connectivity index (χ1) is 11.0. The first kappa shape index (κ1) is 15.3. The molecule has 0 aliphatic carbocycles. The second kappa shape index (κ2) is 5.91. The van der Waals surface area contributed by atoms with Gasteiger partial charge in [0.2, 0.25) is 0 Å². The van der Waals surface area contributed by atoms with E-state index in [4.69, 9.17) is 9.47 Å². The second-order valence-corrected chi connectivity index (χ2v) is 5.29. The van der Waals surface area contributed by atoms with E-state index >= 15 is 0 Å². The van der Waals surface area contributed by atoms with Gasteiger partial charge < -0.3 is 14.5 Å². The molecule has 3 aromatic rings. The molecule has 0 aliphatic heterocycles. The Kier molecular flexibility index (Phi) is 3.94. The third kappa shape index (κ3) is 2.63. The van der Waals surface area contributed by atoms with Gasteiger partial charge in [-0.2, -0.15) is 0 Å². The number of hydrogen-bond acceptors (Lipinski definition) is 3. The first-order valence-corrected chi connectivity index (χ1v) is 7.06. The Morgan fingerprint density at radius 2 is 1.78 bits per heavy atom. The number of nitrogens with one attached hydrogen (secondary N) is 1. The van der Waals surface area contributed by atoms with E-state index in [9.17, 15) is 8.78 Å². The van der Waals surface area contributed by atoms with Crippen molar-refractivity contribution in [2.75, 3.05) is 14.2 Å². The molecule has 0 bridgehead atoms. The van der Waals surface area contributed by atoms with Crippen LogP contribution in [0.15, 0.2) is 24.5 Å². The summed E-state index contributed by atoms with van der Waals surface area (Å²) < 4.78 is 38.9. The summed E-state index contributed by atoms with van der Waals surface area (Å²) in [6, 6.07) is 3.14. The van der Waals surface area contributed by atoms with Crippen molar-refractivity contribution in [3.8, 4) is 11.5 Å². The molecule has 0 spiro atoms. The average Bonchev–Trinajstić information content (AvgIpc) is 2.94. The molecular weight excluding hydrogens is 301 g/mol. The van der Waals surface area contributed by atoms with Crippen LogP contribution in [-0.2, 0) is 6.42 Å². The van der Waals surface area contributed by atoms with Crippen molar-refractivity contribution >= 4 is 24.3 Å². The number of ether oxygens (including phenoxy) is 2. The van der Waals surface area contributed by atoms with Gasteiger partial charge in [0.05, 0.1) is 14.2 Å². The van der Waals surface area contributed by atoms with Crippen molar-refractivity contribution < 1.29 is 18.3 Å². The third-order valence-electron chi connectivity index (χ3n) is 3.79. The van der Waals surface area contributed by atoms with Crippen molar-refractivity contribution in [2.45, 2.75) is 6.42 Å². The van der Waals surface area contributed by atoms with Crippen LogP contribution >= 0.6 is 0 Å². The molecule has 7 heteroatoms. The summed E-state index contributed by atoms with van der Waals surface area (Å²) in [5.41, 5.74) is 2.32. The smallest absolute Gasteiger partial charge is 0.171 e. The first-order valence-electron chi connectivity index (χ1n) is 7.06. The van der Waals surface area contributed by atoms with Crippen LogP contribution in [0.1, 0.15) is 11.1 Å². The van der Waals surface area contributed by atoms with Crippen molar-refractivity contribution in [1.29, 1.82) is 0 Å². The molecule has 0 aliphatic rings. The van der Waals surface area contributed by atoms with Gasteiger partial charge in [0, 0.05) is 35.8 Å². The Labute approximate surface area is 132 Å². The van der Waals surface area contributed by atoms with E-state index in [1.807, 2.05) is 13.9 Å². The number of H-pyrrole nitrogens is 1. The molecule has 0 unspecified atom stereocenters. The number of rotatable bonds is 4. The Hall–Kier alpha value is -2.57. The minimum Gasteiger partial charge on any atom is -0.494 e. The molecular formula is C16H15BF2N2O2. The largest absolute Gasteiger partial charge is 0.494 e. The summed E-state index contributed by atoms with van der Waals surface area (Å²) in [4.78, 5) is 7.28. The van der Waals surface area contributed by atoms with Gasteiger partial charge in [0.15, 0.2) is 23.1 Å². The van der Waals surface area contributed by atoms with E-state index in [-0.39, 0.29) is 23.5 Å². The molecule has 3 rings (SSSR count). The van der Waals surface area contributed by atoms with Gasteiger partial charge in [-0.05, 0) is 5.56 Å². The standard InChI is InChI=1S/C16H15BF2N2O2/c1-22-12-5-13(23-2)15(19)11(14(12)18)3-8-6-20-16-10(8)4-9(17)7-21-16/h4-7H,3,17H2,1-2H3,(H,20,21). The predicted molar refractivity (Wildman–Crippen MR) is 86.5 cm³/mol. The van der Waals surface area contributed by atoms with Crippen LogP contribution in [0.3, 0.4) is 0 Å². The van der Waals surface area contributed by atoms with Crippen LogP contribution < -0.4 is 14.9 Å². The van der Waals surface area contributed by atoms with Crippen molar-refractivity contribution in [1.82, 2.24) is 9.97 Å². The van der Waals surface area contributed by atoms with Gasteiger partial charge >= 0.3 is 0 Å². The van der Waals surface area contributed by atoms with E-state index in [2.05, 4.69) is 9.97 Å². The Bertz CT molecular complexity index is 852. The molecule has 0 saturated carbocycles. The maximum atomic E-state index is 14.5. The van der Waals surface area contributed by atoms with E-state index in [1.54, 1.807) is 12.4 Å². The lowest BCUT2D eigenvalue weighted by Gasteiger charge is -2.12. The van der Waals surface area contributed by atoms with Gasteiger partial charge in [-0.3, -0.25) is 0 Å². The average molecular weight is 316 g/mol. The lowest BCUT2D eigenvalue weighted by atomic mass is 9.96. The summed E-state index contributed by atoms with van der Waals surface area (Å²) in [6.07, 6.45) is 3.51. The fraction of sp³-hybridized carbons (Fsp3) is 0.188. The molecule has 1 aromatic carbocycles. The van der Waals surface area contributed by atoms with Gasteiger partial charge in [0.1, 0.15) is 13.5 Å². The highest BCUT2D eigenvalue weighted by atomic mass is 19.1. The number of pyridine rings is 1. The number of aromatic amines is 1. The van der Waals surface area contributed by atoms with E-state index < -0.39 is 11.6 Å². The lowest BCUT2D eigenvalue weighted by Crippen LogP contribution is -2.04. The van der Waals surface area contributed by atoms with Crippen LogP contribution in [0.5, 0.6) is 11.5 Å². The number of halogens is 2. The van der Waals surface area contributed by atoms with E-state index in [0.717, 1.165) is 16.4 Å². The summed E-state index contributed by atoms with van der Waals surface area (Å²) in [7, 11) is 4.58. The summed E-state index contributed by atoms with van der Waals surface area (Å²) in [6.45, 7) is 0. The summed E-state index contributed by atoms with van der Waals surface area (Å²) >= 11 is 0. The van der Waals surface area contributed by atoms with Crippen molar-refractivity contribution in [3.05, 3.63) is 47.3 Å². The maximum Gasteiger partial charge on any atom is 0.171 e. The molecule has 2 heterocycles. The molecule has 0 fully saturated rings. The quantitative estimate of drug-likeness (QED) is 0.746. The molecule has 4 nitrogen and oxygen atoms in total. The van der Waals surface area contributed by atoms with Crippen LogP contribution in [0, 0.1) is 11.6 Å². The lowest BCUT2D eigenvalue weighted by molar-refractivity contribution is 0.354. The molecule has 23 heavy (non-hydrogen) atoms. The molecule has 0 saturated heterocycles. The number of fused-ring (bicyclic) bond motifs is 1. The minimum atomic E-state index is -0.722. The van der Waals surface area contributed by atoms with Gasteiger partial charge in [-0.25, -0.2) is 13.8 Å². The molecule has 1 N–H and O–H groups in total. The molecule has 0 radical (unpaired) electrons. The van der Waals surface area contributed by atoms with Gasteiger partial charge in [0.25, 0.3) is 0 Å². The SMILES string of the molecule is Bc1cnc2[nH]cc(Cc3c(F)c(OC)cc(OC)c3F)c2c1. The molecule has 118 valence electrons. The second-order valence-electron chi connectivity index (χ2n) is 5.29. The highest BCUT2D eigenvalue weighted by Crippen LogP contribution is 2.33. The van der Waals surface area contributed by atoms with Crippen molar-refractivity contribution in [2.24, 2.45) is 0 Å². The van der Waals surface area contributed by atoms with Gasteiger partial charge in [-0.15, -0.1) is 0 Å². The van der Waals surface area contributed by atoms with Crippen LogP contribution in [0.2, 0.25) is 0 Å². The number of aromatic nitrogens is 2. The zero-order chi connectivity index (χ0) is 16.6. The Balaban J connectivity index is 2.13. The van der Waals surface area contributed by atoms with Gasteiger partial charge in [-0.1, -0.05) is 11.5 Å². The fourth-order valence-electron chi connectivity index (χ4n) is 2.59. The molecule has 0 amide bonds. The topological polar surface area (TPSA) is 47.1 Å². The normalized spacial score (nSPS) is 11.0. The van der Waals surface area contributed by atoms with E-state index in [1.165, 1.54) is 20.3 Å². The number of methoxy groups -OCH3 is 2. The number of nitrogens with zero attached hydrogens (tertiary/aromatic N) is 1. The summed E-state index contributed by atoms with van der Waals surface area (Å²) in [5, 5.41) is 0.839. The zero-order valence-electron chi connectivity index (χ0n) is 13.0. The van der Waals surface area contributed by atoms with E-state index in [0.29, 0.717) is 5.65 Å². The highest BCUT2D eigenvalue weighted by molar-refractivity contribution is 6.32. The monoisotopic (exact) mass is 316 g/mol. The Morgan fingerprint density at radius 1 is 1.13 bits per heavy atom. The third-order valence-corrected chi connectivity index (χ3v) is 3.79. The summed E-state index contributed by atoms with van der Waals surface area (Å²) in [5.74, 6) is -1.54. The van der Waals surface area contributed by atoms with Crippen molar-refractivity contribution in [3.63, 3.8) is 0 Å². The fourth-order valence-corrected chi connectivity index (χ4v) is 2.59. The maximum absolute atomic E-state index is 14.5. The molecule has 0 atom stereocenters. The zero-order valence-corrected chi connectivity index (χ0v) is 13.0. The molecule has 2 aromatic heterocycles. The number of hydrogen-bond donors (Lipinski definition) is 1. The number of benzene rings is 1. The van der Waals surface area contributed by atoms with Crippen LogP contribution in [0.25, 0.3) is 11.0 Å².